The first kappa shape index (κ1) is 23.7. The summed E-state index contributed by atoms with van der Waals surface area (Å²) in [5.74, 6) is 1.61. The molecule has 2 rings (SSSR count). The molecule has 1 atom stereocenters. The lowest BCUT2D eigenvalue weighted by atomic mass is 9.97. The molecule has 1 aliphatic rings. The van der Waals surface area contributed by atoms with Gasteiger partial charge in [-0.3, -0.25) is 9.69 Å². The van der Waals surface area contributed by atoms with E-state index in [0.717, 1.165) is 49.6 Å². The van der Waals surface area contributed by atoms with E-state index in [-0.39, 0.29) is 5.91 Å². The minimum Gasteiger partial charge on any atom is -0.492 e. The molecule has 164 valence electrons. The van der Waals surface area contributed by atoms with Crippen LogP contribution in [0.1, 0.15) is 66.2 Å². The Morgan fingerprint density at radius 2 is 1.83 bits per heavy atom. The Labute approximate surface area is 177 Å². The highest BCUT2D eigenvalue weighted by molar-refractivity contribution is 5.97. The Kier molecular flexibility index (Phi) is 9.95. The average Bonchev–Trinajstić information content (AvgIpc) is 2.73. The van der Waals surface area contributed by atoms with Crippen molar-refractivity contribution in [2.24, 2.45) is 5.92 Å². The van der Waals surface area contributed by atoms with Crippen molar-refractivity contribution in [3.63, 3.8) is 0 Å². The number of piperidine rings is 1. The SMILES string of the molecule is CCCC[C@](C)(OCCC)C(=O)Nc1ccc(OCCN2CCC(C)CC2)cc1. The molecule has 5 heteroatoms. The van der Waals surface area contributed by atoms with E-state index in [1.54, 1.807) is 0 Å². The lowest BCUT2D eigenvalue weighted by Gasteiger charge is -2.30. The van der Waals surface area contributed by atoms with Crippen LogP contribution in [-0.2, 0) is 9.53 Å². The van der Waals surface area contributed by atoms with Gasteiger partial charge in [0, 0.05) is 18.8 Å². The first-order chi connectivity index (χ1) is 14.0. The number of nitrogens with zero attached hydrogens (tertiary/aromatic N) is 1. The summed E-state index contributed by atoms with van der Waals surface area (Å²) in [4.78, 5) is 15.3. The number of likely N-dealkylation sites (tertiary alicyclic amines) is 1. The Hall–Kier alpha value is -1.59. The number of hydrogen-bond donors (Lipinski definition) is 1. The molecule has 0 spiro atoms. The molecule has 0 aromatic heterocycles. The molecule has 1 aliphatic heterocycles. The number of anilines is 1. The average molecular weight is 405 g/mol. The highest BCUT2D eigenvalue weighted by atomic mass is 16.5. The second-order valence-corrected chi connectivity index (χ2v) is 8.53. The summed E-state index contributed by atoms with van der Waals surface area (Å²) < 4.78 is 11.8. The molecule has 1 aromatic rings. The number of hydrogen-bond acceptors (Lipinski definition) is 4. The smallest absolute Gasteiger partial charge is 0.256 e. The molecule has 29 heavy (non-hydrogen) atoms. The summed E-state index contributed by atoms with van der Waals surface area (Å²) in [6.07, 6.45) is 6.21. The summed E-state index contributed by atoms with van der Waals surface area (Å²) >= 11 is 0. The molecule has 5 nitrogen and oxygen atoms in total. The van der Waals surface area contributed by atoms with Crippen molar-refractivity contribution < 1.29 is 14.3 Å². The van der Waals surface area contributed by atoms with Gasteiger partial charge in [-0.25, -0.2) is 0 Å². The van der Waals surface area contributed by atoms with E-state index in [1.165, 1.54) is 25.9 Å². The van der Waals surface area contributed by atoms with Crippen molar-refractivity contribution in [2.45, 2.75) is 71.8 Å². The number of amides is 1. The molecule has 1 fully saturated rings. The molecule has 0 saturated carbocycles. The zero-order valence-corrected chi connectivity index (χ0v) is 18.8. The molecular formula is C24H40N2O3. The lowest BCUT2D eigenvalue weighted by Crippen LogP contribution is -2.43. The first-order valence-corrected chi connectivity index (χ1v) is 11.4. The van der Waals surface area contributed by atoms with Crippen molar-refractivity contribution >= 4 is 11.6 Å². The minimum absolute atomic E-state index is 0.0765. The number of rotatable bonds is 12. The standard InChI is InChI=1S/C24H40N2O3/c1-5-7-14-24(4,29-18-6-2)23(27)25-21-8-10-22(11-9-21)28-19-17-26-15-12-20(3)13-16-26/h8-11,20H,5-7,12-19H2,1-4H3,(H,25,27)/t24-/m0/s1. The van der Waals surface area contributed by atoms with E-state index in [2.05, 4.69) is 31.0 Å². The quantitative estimate of drug-likeness (QED) is 0.526. The third-order valence-electron chi connectivity index (χ3n) is 5.78. The molecule has 1 amide bonds. The van der Waals surface area contributed by atoms with Crippen LogP contribution in [0.15, 0.2) is 24.3 Å². The van der Waals surface area contributed by atoms with Gasteiger partial charge in [-0.15, -0.1) is 0 Å². The van der Waals surface area contributed by atoms with Crippen molar-refractivity contribution in [2.75, 3.05) is 38.2 Å². The Balaban J connectivity index is 1.81. The van der Waals surface area contributed by atoms with E-state index in [0.29, 0.717) is 13.2 Å². The minimum atomic E-state index is -0.785. The van der Waals surface area contributed by atoms with Gasteiger partial charge in [0.1, 0.15) is 18.0 Å². The van der Waals surface area contributed by atoms with Crippen molar-refractivity contribution in [3.05, 3.63) is 24.3 Å². The maximum atomic E-state index is 12.8. The Bertz CT molecular complexity index is 587. The number of nitrogens with one attached hydrogen (secondary N) is 1. The third kappa shape index (κ3) is 7.98. The first-order valence-electron chi connectivity index (χ1n) is 11.4. The van der Waals surface area contributed by atoms with Gasteiger partial charge in [-0.1, -0.05) is 33.6 Å². The molecule has 1 saturated heterocycles. The second-order valence-electron chi connectivity index (χ2n) is 8.53. The predicted molar refractivity (Wildman–Crippen MR) is 120 cm³/mol. The maximum absolute atomic E-state index is 12.8. The monoisotopic (exact) mass is 404 g/mol. The zero-order valence-electron chi connectivity index (χ0n) is 18.8. The summed E-state index contributed by atoms with van der Waals surface area (Å²) in [6.45, 7) is 13.0. The molecular weight excluding hydrogens is 364 g/mol. The molecule has 1 N–H and O–H groups in total. The molecule has 1 aromatic carbocycles. The third-order valence-corrected chi connectivity index (χ3v) is 5.78. The van der Waals surface area contributed by atoms with Gasteiger partial charge < -0.3 is 14.8 Å². The summed E-state index contributed by atoms with van der Waals surface area (Å²) in [5, 5.41) is 3.01. The van der Waals surface area contributed by atoms with Gasteiger partial charge in [-0.05, 0) is 75.9 Å². The number of unbranched alkanes of at least 4 members (excludes halogenated alkanes) is 1. The Morgan fingerprint density at radius 3 is 2.45 bits per heavy atom. The molecule has 0 aliphatic carbocycles. The van der Waals surface area contributed by atoms with E-state index in [4.69, 9.17) is 9.47 Å². The Morgan fingerprint density at radius 1 is 1.14 bits per heavy atom. The molecule has 0 radical (unpaired) electrons. The summed E-state index contributed by atoms with van der Waals surface area (Å²) in [6, 6.07) is 7.64. The fraction of sp³-hybridized carbons (Fsp3) is 0.708. The largest absolute Gasteiger partial charge is 0.492 e. The van der Waals surface area contributed by atoms with Crippen LogP contribution in [-0.4, -0.2) is 49.3 Å². The van der Waals surface area contributed by atoms with Crippen LogP contribution in [0.5, 0.6) is 5.75 Å². The van der Waals surface area contributed by atoms with Gasteiger partial charge in [0.2, 0.25) is 0 Å². The topological polar surface area (TPSA) is 50.8 Å². The van der Waals surface area contributed by atoms with Gasteiger partial charge in [-0.2, -0.15) is 0 Å². The van der Waals surface area contributed by atoms with Crippen LogP contribution in [0, 0.1) is 5.92 Å². The van der Waals surface area contributed by atoms with Gasteiger partial charge >= 0.3 is 0 Å². The van der Waals surface area contributed by atoms with Crippen LogP contribution in [0.3, 0.4) is 0 Å². The fourth-order valence-electron chi connectivity index (χ4n) is 3.57. The number of carbonyl (C=O) groups excluding carboxylic acids is 1. The molecule has 0 bridgehead atoms. The van der Waals surface area contributed by atoms with Crippen LogP contribution >= 0.6 is 0 Å². The second kappa shape index (κ2) is 12.2. The van der Waals surface area contributed by atoms with E-state index in [1.807, 2.05) is 31.2 Å². The van der Waals surface area contributed by atoms with E-state index < -0.39 is 5.60 Å². The zero-order chi connectivity index (χ0) is 21.1. The maximum Gasteiger partial charge on any atom is 0.256 e. The van der Waals surface area contributed by atoms with Crippen LogP contribution < -0.4 is 10.1 Å². The highest BCUT2D eigenvalue weighted by Gasteiger charge is 2.33. The highest BCUT2D eigenvalue weighted by Crippen LogP contribution is 2.23. The lowest BCUT2D eigenvalue weighted by molar-refractivity contribution is -0.140. The van der Waals surface area contributed by atoms with E-state index in [9.17, 15) is 4.79 Å². The normalized spacial score (nSPS) is 17.7. The van der Waals surface area contributed by atoms with Crippen LogP contribution in [0.2, 0.25) is 0 Å². The van der Waals surface area contributed by atoms with Crippen LogP contribution in [0.4, 0.5) is 5.69 Å². The fourth-order valence-corrected chi connectivity index (χ4v) is 3.57. The summed E-state index contributed by atoms with van der Waals surface area (Å²) in [7, 11) is 0. The number of ether oxygens (including phenoxy) is 2. The number of carbonyl (C=O) groups is 1. The van der Waals surface area contributed by atoms with Crippen molar-refractivity contribution in [1.29, 1.82) is 0 Å². The van der Waals surface area contributed by atoms with E-state index >= 15 is 0 Å². The van der Waals surface area contributed by atoms with Gasteiger partial charge in [0.05, 0.1) is 0 Å². The number of benzene rings is 1. The van der Waals surface area contributed by atoms with Crippen LogP contribution in [0.25, 0.3) is 0 Å². The van der Waals surface area contributed by atoms with Crippen molar-refractivity contribution in [3.8, 4) is 5.75 Å². The molecule has 0 unspecified atom stereocenters. The van der Waals surface area contributed by atoms with Crippen molar-refractivity contribution in [1.82, 2.24) is 4.90 Å². The predicted octanol–water partition coefficient (Wildman–Crippen LogP) is 5.11. The van der Waals surface area contributed by atoms with Gasteiger partial charge in [0.15, 0.2) is 0 Å². The van der Waals surface area contributed by atoms with Gasteiger partial charge in [0.25, 0.3) is 5.91 Å². The molecule has 1 heterocycles. The summed E-state index contributed by atoms with van der Waals surface area (Å²) in [5.41, 5.74) is -0.0113.